The van der Waals surface area contributed by atoms with Crippen molar-refractivity contribution in [3.8, 4) is 0 Å². The highest BCUT2D eigenvalue weighted by atomic mass is 19.1. The lowest BCUT2D eigenvalue weighted by Gasteiger charge is -2.08. The van der Waals surface area contributed by atoms with E-state index in [1.165, 1.54) is 16.6 Å². The van der Waals surface area contributed by atoms with Gasteiger partial charge in [-0.25, -0.2) is 4.39 Å². The number of fused-ring (bicyclic) bond motifs is 3. The van der Waals surface area contributed by atoms with Gasteiger partial charge in [0.15, 0.2) is 0 Å². The normalized spacial score (nSPS) is 19.3. The summed E-state index contributed by atoms with van der Waals surface area (Å²) in [4.78, 5) is 0. The molecule has 0 amide bonds. The van der Waals surface area contributed by atoms with Crippen LogP contribution in [-0.2, 0) is 19.9 Å². The van der Waals surface area contributed by atoms with Crippen LogP contribution >= 0.6 is 0 Å². The zero-order valence-corrected chi connectivity index (χ0v) is 9.55. The summed E-state index contributed by atoms with van der Waals surface area (Å²) in [5.41, 5.74) is 3.75. The molecule has 2 aromatic rings. The second-order valence-corrected chi connectivity index (χ2v) is 4.54. The summed E-state index contributed by atoms with van der Waals surface area (Å²) in [6.07, 6.45) is 2.09. The molecule has 2 nitrogen and oxygen atoms in total. The van der Waals surface area contributed by atoms with Crippen molar-refractivity contribution < 1.29 is 4.39 Å². The molecule has 0 radical (unpaired) electrons. The molecule has 1 aromatic heterocycles. The molecule has 16 heavy (non-hydrogen) atoms. The fraction of sp³-hybridized carbons (Fsp3) is 0.385. The maximum atomic E-state index is 13.2. The Kier molecular flexibility index (Phi) is 2.04. The number of rotatable bonds is 1. The molecule has 1 heterocycles. The van der Waals surface area contributed by atoms with Crippen LogP contribution in [0, 0.1) is 5.82 Å². The number of hydrogen-bond donors (Lipinski definition) is 1. The number of halogens is 1. The van der Waals surface area contributed by atoms with E-state index in [1.54, 1.807) is 12.1 Å². The fourth-order valence-corrected chi connectivity index (χ4v) is 2.78. The third-order valence-electron chi connectivity index (χ3n) is 3.70. The van der Waals surface area contributed by atoms with Gasteiger partial charge in [0.05, 0.1) is 5.52 Å². The lowest BCUT2D eigenvalue weighted by Crippen LogP contribution is -2.25. The van der Waals surface area contributed by atoms with Crippen LogP contribution in [0.2, 0.25) is 0 Å². The number of aryl methyl sites for hydroxylation is 1. The standard InChI is InChI=1S/C13H15FN2/c1-15-9-6-11-10-4-3-8(14)5-12(10)16(2)13(11)7-9/h3-5,9,15H,6-7H2,1-2H3. The summed E-state index contributed by atoms with van der Waals surface area (Å²) in [6.45, 7) is 0. The summed E-state index contributed by atoms with van der Waals surface area (Å²) >= 11 is 0. The van der Waals surface area contributed by atoms with Crippen molar-refractivity contribution in [2.24, 2.45) is 7.05 Å². The number of likely N-dealkylation sites (N-methyl/N-ethyl adjacent to an activating group) is 1. The topological polar surface area (TPSA) is 17.0 Å². The van der Waals surface area contributed by atoms with Crippen LogP contribution in [0.15, 0.2) is 18.2 Å². The van der Waals surface area contributed by atoms with E-state index in [-0.39, 0.29) is 5.82 Å². The van der Waals surface area contributed by atoms with Crippen LogP contribution in [0.4, 0.5) is 4.39 Å². The minimum Gasteiger partial charge on any atom is -0.347 e. The van der Waals surface area contributed by atoms with Gasteiger partial charge in [-0.3, -0.25) is 0 Å². The van der Waals surface area contributed by atoms with E-state index >= 15 is 0 Å². The van der Waals surface area contributed by atoms with Crippen LogP contribution in [0.1, 0.15) is 11.3 Å². The Bertz CT molecular complexity index is 557. The van der Waals surface area contributed by atoms with Gasteiger partial charge in [-0.2, -0.15) is 0 Å². The van der Waals surface area contributed by atoms with Gasteiger partial charge < -0.3 is 9.88 Å². The Labute approximate surface area is 94.1 Å². The first-order valence-corrected chi connectivity index (χ1v) is 5.63. The van der Waals surface area contributed by atoms with Crippen LogP contribution in [0.3, 0.4) is 0 Å². The van der Waals surface area contributed by atoms with E-state index in [0.717, 1.165) is 18.4 Å². The number of hydrogen-bond acceptors (Lipinski definition) is 1. The highest BCUT2D eigenvalue weighted by Gasteiger charge is 2.26. The Balaban J connectivity index is 2.23. The maximum absolute atomic E-state index is 13.2. The predicted molar refractivity (Wildman–Crippen MR) is 63.1 cm³/mol. The third-order valence-corrected chi connectivity index (χ3v) is 3.70. The van der Waals surface area contributed by atoms with Crippen LogP contribution in [0.5, 0.6) is 0 Å². The van der Waals surface area contributed by atoms with Crippen molar-refractivity contribution in [3.63, 3.8) is 0 Å². The molecule has 1 atom stereocenters. The molecule has 0 spiro atoms. The molecule has 0 aliphatic heterocycles. The van der Waals surface area contributed by atoms with Crippen molar-refractivity contribution in [2.75, 3.05) is 7.05 Å². The molecular weight excluding hydrogens is 203 g/mol. The predicted octanol–water partition coefficient (Wildman–Crippen LogP) is 2.00. The Morgan fingerprint density at radius 1 is 1.38 bits per heavy atom. The maximum Gasteiger partial charge on any atom is 0.125 e. The molecule has 3 rings (SSSR count). The molecule has 1 aliphatic rings. The molecule has 0 saturated carbocycles. The van der Waals surface area contributed by atoms with E-state index in [2.05, 4.69) is 9.88 Å². The van der Waals surface area contributed by atoms with Gasteiger partial charge in [0.2, 0.25) is 0 Å². The molecule has 1 aliphatic carbocycles. The number of aromatic nitrogens is 1. The van der Waals surface area contributed by atoms with E-state index in [9.17, 15) is 4.39 Å². The molecular formula is C13H15FN2. The largest absolute Gasteiger partial charge is 0.347 e. The summed E-state index contributed by atoms with van der Waals surface area (Å²) in [7, 11) is 4.02. The minimum absolute atomic E-state index is 0.156. The lowest BCUT2D eigenvalue weighted by molar-refractivity contribution is 0.584. The third kappa shape index (κ3) is 1.21. The van der Waals surface area contributed by atoms with Gasteiger partial charge in [-0.1, -0.05) is 0 Å². The first-order chi connectivity index (χ1) is 7.70. The highest BCUT2D eigenvalue weighted by molar-refractivity contribution is 5.86. The molecule has 0 saturated heterocycles. The number of benzene rings is 1. The molecule has 1 unspecified atom stereocenters. The highest BCUT2D eigenvalue weighted by Crippen LogP contribution is 2.32. The average Bonchev–Trinajstić information content (AvgIpc) is 2.80. The molecule has 3 heteroatoms. The van der Waals surface area contributed by atoms with E-state index in [4.69, 9.17) is 0 Å². The fourth-order valence-electron chi connectivity index (χ4n) is 2.78. The molecule has 0 bridgehead atoms. The average molecular weight is 218 g/mol. The summed E-state index contributed by atoms with van der Waals surface area (Å²) in [5.74, 6) is -0.156. The van der Waals surface area contributed by atoms with Crippen molar-refractivity contribution in [1.29, 1.82) is 0 Å². The minimum atomic E-state index is -0.156. The first kappa shape index (κ1) is 9.85. The van der Waals surface area contributed by atoms with Crippen LogP contribution in [-0.4, -0.2) is 17.7 Å². The summed E-state index contributed by atoms with van der Waals surface area (Å²) in [5, 5.41) is 4.52. The molecule has 1 N–H and O–H groups in total. The Morgan fingerprint density at radius 3 is 2.94 bits per heavy atom. The van der Waals surface area contributed by atoms with Gasteiger partial charge >= 0.3 is 0 Å². The van der Waals surface area contributed by atoms with Gasteiger partial charge in [0.25, 0.3) is 0 Å². The molecule has 0 fully saturated rings. The Morgan fingerprint density at radius 2 is 2.19 bits per heavy atom. The quantitative estimate of drug-likeness (QED) is 0.774. The van der Waals surface area contributed by atoms with E-state index in [0.29, 0.717) is 6.04 Å². The van der Waals surface area contributed by atoms with E-state index in [1.807, 2.05) is 20.2 Å². The zero-order valence-electron chi connectivity index (χ0n) is 9.55. The Hall–Kier alpha value is -1.35. The number of nitrogens with zero attached hydrogens (tertiary/aromatic N) is 1. The van der Waals surface area contributed by atoms with Crippen molar-refractivity contribution in [3.05, 3.63) is 35.3 Å². The lowest BCUT2D eigenvalue weighted by atomic mass is 10.1. The summed E-state index contributed by atoms with van der Waals surface area (Å²) in [6, 6.07) is 5.62. The zero-order chi connectivity index (χ0) is 11.3. The molecule has 84 valence electrons. The van der Waals surface area contributed by atoms with Gasteiger partial charge in [-0.15, -0.1) is 0 Å². The first-order valence-electron chi connectivity index (χ1n) is 5.63. The van der Waals surface area contributed by atoms with Crippen molar-refractivity contribution >= 4 is 10.9 Å². The SMILES string of the molecule is CNC1Cc2c(n(C)c3cc(F)ccc23)C1. The second kappa shape index (κ2) is 3.32. The van der Waals surface area contributed by atoms with E-state index < -0.39 is 0 Å². The smallest absolute Gasteiger partial charge is 0.125 e. The number of nitrogens with one attached hydrogen (secondary N) is 1. The summed E-state index contributed by atoms with van der Waals surface area (Å²) < 4.78 is 15.3. The second-order valence-electron chi connectivity index (χ2n) is 4.54. The van der Waals surface area contributed by atoms with Gasteiger partial charge in [0.1, 0.15) is 5.82 Å². The monoisotopic (exact) mass is 218 g/mol. The van der Waals surface area contributed by atoms with Crippen molar-refractivity contribution in [1.82, 2.24) is 9.88 Å². The van der Waals surface area contributed by atoms with Crippen LogP contribution < -0.4 is 5.32 Å². The van der Waals surface area contributed by atoms with Gasteiger partial charge in [0, 0.05) is 30.6 Å². The molecule has 1 aromatic carbocycles. The van der Waals surface area contributed by atoms with Gasteiger partial charge in [-0.05, 0) is 37.2 Å². The van der Waals surface area contributed by atoms with Crippen molar-refractivity contribution in [2.45, 2.75) is 18.9 Å². The van der Waals surface area contributed by atoms with Crippen LogP contribution in [0.25, 0.3) is 10.9 Å².